The zero-order valence-corrected chi connectivity index (χ0v) is 14.3. The molecule has 1 aliphatic heterocycles. The summed E-state index contributed by atoms with van der Waals surface area (Å²) in [5.41, 5.74) is 1.01. The van der Waals surface area contributed by atoms with Crippen LogP contribution >= 0.6 is 19.0 Å². The van der Waals surface area contributed by atoms with E-state index in [4.69, 9.17) is 20.9 Å². The third kappa shape index (κ3) is 3.28. The van der Waals surface area contributed by atoms with Gasteiger partial charge in [-0.05, 0) is 36.8 Å². The third-order valence-electron chi connectivity index (χ3n) is 3.44. The second-order valence-corrected chi connectivity index (χ2v) is 7.78. The molecule has 0 saturated heterocycles. The largest absolute Gasteiger partial charge is 0.463 e. The van der Waals surface area contributed by atoms with E-state index in [1.165, 1.54) is 6.26 Å². The molecule has 3 rings (SSSR count). The molecule has 0 saturated carbocycles. The van der Waals surface area contributed by atoms with Gasteiger partial charge in [0.1, 0.15) is 12.0 Å². The van der Waals surface area contributed by atoms with E-state index in [0.29, 0.717) is 28.0 Å². The lowest BCUT2D eigenvalue weighted by atomic mass is 10.2. The highest BCUT2D eigenvalue weighted by molar-refractivity contribution is 7.71. The maximum absolute atomic E-state index is 13.5. The van der Waals surface area contributed by atoms with E-state index < -0.39 is 7.37 Å². The quantitative estimate of drug-likeness (QED) is 0.711. The molecule has 0 aromatic heterocycles. The van der Waals surface area contributed by atoms with Crippen LogP contribution in [0.2, 0.25) is 5.02 Å². The van der Waals surface area contributed by atoms with Gasteiger partial charge in [-0.15, -0.1) is 0 Å². The standard InChI is InChI=1S/C18H16ClO3P/c1-2-22-23(20)16(10-8-14-6-4-3-5-7-14)13-21-17-11-9-15(19)12-18(17)23/h3-13H,2H2,1H3/b10-8+. The third-order valence-corrected chi connectivity index (χ3v) is 6.22. The van der Waals surface area contributed by atoms with E-state index in [1.54, 1.807) is 24.3 Å². The molecule has 0 radical (unpaired) electrons. The van der Waals surface area contributed by atoms with Crippen LogP contribution in [0.4, 0.5) is 0 Å². The first-order valence-corrected chi connectivity index (χ1v) is 9.29. The van der Waals surface area contributed by atoms with Crippen molar-refractivity contribution >= 4 is 30.4 Å². The summed E-state index contributed by atoms with van der Waals surface area (Å²) in [5.74, 6) is 0.517. The Hall–Kier alpha value is -1.80. The zero-order valence-electron chi connectivity index (χ0n) is 12.6. The minimum atomic E-state index is -3.21. The monoisotopic (exact) mass is 346 g/mol. The molecule has 0 bridgehead atoms. The van der Waals surface area contributed by atoms with E-state index >= 15 is 0 Å². The van der Waals surface area contributed by atoms with Crippen molar-refractivity contribution in [2.75, 3.05) is 6.61 Å². The molecule has 118 valence electrons. The highest BCUT2D eigenvalue weighted by atomic mass is 35.5. The maximum atomic E-state index is 13.5. The normalized spacial score (nSPS) is 20.0. The van der Waals surface area contributed by atoms with Crippen molar-refractivity contribution in [3.63, 3.8) is 0 Å². The Morgan fingerprint density at radius 3 is 2.70 bits per heavy atom. The van der Waals surface area contributed by atoms with Crippen LogP contribution in [-0.4, -0.2) is 6.61 Å². The van der Waals surface area contributed by atoms with Gasteiger partial charge >= 0.3 is 0 Å². The highest BCUT2D eigenvalue weighted by Gasteiger charge is 2.36. The molecule has 0 aliphatic carbocycles. The van der Waals surface area contributed by atoms with Crippen molar-refractivity contribution in [3.8, 4) is 5.75 Å². The number of halogens is 1. The summed E-state index contributed by atoms with van der Waals surface area (Å²) >= 11 is 6.06. The van der Waals surface area contributed by atoms with Gasteiger partial charge < -0.3 is 9.26 Å². The van der Waals surface area contributed by atoms with Crippen molar-refractivity contribution in [1.29, 1.82) is 0 Å². The lowest BCUT2D eigenvalue weighted by Gasteiger charge is -2.25. The molecule has 0 spiro atoms. The first kappa shape index (κ1) is 16.1. The van der Waals surface area contributed by atoms with Crippen molar-refractivity contribution < 1.29 is 13.8 Å². The first-order valence-electron chi connectivity index (χ1n) is 7.29. The van der Waals surface area contributed by atoms with Crippen LogP contribution in [0.3, 0.4) is 0 Å². The van der Waals surface area contributed by atoms with Gasteiger partial charge in [0, 0.05) is 5.02 Å². The number of hydrogen-bond acceptors (Lipinski definition) is 3. The lowest BCUT2D eigenvalue weighted by molar-refractivity contribution is 0.342. The average molecular weight is 347 g/mol. The van der Waals surface area contributed by atoms with Crippen LogP contribution in [0.25, 0.3) is 6.08 Å². The average Bonchev–Trinajstić information content (AvgIpc) is 2.56. The second-order valence-electron chi connectivity index (χ2n) is 4.99. The number of rotatable bonds is 4. The Kier molecular flexibility index (Phi) is 4.72. The van der Waals surface area contributed by atoms with Crippen LogP contribution in [0.1, 0.15) is 12.5 Å². The summed E-state index contributed by atoms with van der Waals surface area (Å²) in [4.78, 5) is 0. The molecule has 1 aliphatic rings. The van der Waals surface area contributed by atoms with Gasteiger partial charge in [-0.3, -0.25) is 4.57 Å². The fraction of sp³-hybridized carbons (Fsp3) is 0.111. The van der Waals surface area contributed by atoms with E-state index in [2.05, 4.69) is 0 Å². The smallest absolute Gasteiger partial charge is 0.268 e. The van der Waals surface area contributed by atoms with Gasteiger partial charge in [0.05, 0.1) is 17.2 Å². The predicted molar refractivity (Wildman–Crippen MR) is 94.5 cm³/mol. The van der Waals surface area contributed by atoms with E-state index in [-0.39, 0.29) is 0 Å². The van der Waals surface area contributed by atoms with Gasteiger partial charge in [-0.2, -0.15) is 0 Å². The van der Waals surface area contributed by atoms with Crippen LogP contribution in [0.15, 0.2) is 66.2 Å². The number of fused-ring (bicyclic) bond motifs is 1. The molecule has 1 unspecified atom stereocenters. The van der Waals surface area contributed by atoms with Gasteiger partial charge in [0.2, 0.25) is 0 Å². The zero-order chi connectivity index (χ0) is 16.3. The molecule has 3 nitrogen and oxygen atoms in total. The van der Waals surface area contributed by atoms with Crippen LogP contribution in [0.5, 0.6) is 5.75 Å². The van der Waals surface area contributed by atoms with Crippen LogP contribution in [-0.2, 0) is 9.09 Å². The molecule has 1 atom stereocenters. The Morgan fingerprint density at radius 1 is 1.17 bits per heavy atom. The number of benzene rings is 2. The summed E-state index contributed by atoms with van der Waals surface area (Å²) in [7, 11) is -3.21. The fourth-order valence-electron chi connectivity index (χ4n) is 2.36. The van der Waals surface area contributed by atoms with Crippen molar-refractivity contribution in [3.05, 3.63) is 76.8 Å². The summed E-state index contributed by atoms with van der Waals surface area (Å²) in [6, 6.07) is 14.8. The second kappa shape index (κ2) is 6.76. The minimum absolute atomic E-state index is 0.333. The number of allylic oxidation sites excluding steroid dienone is 2. The van der Waals surface area contributed by atoms with Crippen LogP contribution in [0, 0.1) is 0 Å². The number of hydrogen-bond donors (Lipinski definition) is 0. The van der Waals surface area contributed by atoms with Gasteiger partial charge in [0.25, 0.3) is 7.37 Å². The van der Waals surface area contributed by atoms with Gasteiger partial charge in [-0.25, -0.2) is 0 Å². The van der Waals surface area contributed by atoms with E-state index in [9.17, 15) is 4.57 Å². The van der Waals surface area contributed by atoms with Crippen molar-refractivity contribution in [1.82, 2.24) is 0 Å². The Balaban J connectivity index is 2.02. The molecular formula is C18H16ClO3P. The maximum Gasteiger partial charge on any atom is 0.268 e. The molecule has 2 aromatic rings. The topological polar surface area (TPSA) is 35.5 Å². The van der Waals surface area contributed by atoms with E-state index in [0.717, 1.165) is 5.56 Å². The molecule has 0 fully saturated rings. The first-order chi connectivity index (χ1) is 11.1. The summed E-state index contributed by atoms with van der Waals surface area (Å²) < 4.78 is 24.7. The van der Waals surface area contributed by atoms with Crippen molar-refractivity contribution in [2.24, 2.45) is 0 Å². The number of ether oxygens (including phenoxy) is 1. The minimum Gasteiger partial charge on any atom is -0.463 e. The van der Waals surface area contributed by atoms with Gasteiger partial charge in [-0.1, -0.05) is 48.0 Å². The van der Waals surface area contributed by atoms with Crippen LogP contribution < -0.4 is 10.0 Å². The molecule has 5 heteroatoms. The molecule has 0 N–H and O–H groups in total. The molecule has 0 amide bonds. The van der Waals surface area contributed by atoms with Gasteiger partial charge in [0.15, 0.2) is 0 Å². The predicted octanol–water partition coefficient (Wildman–Crippen LogP) is 5.23. The Bertz CT molecular complexity index is 812. The molecule has 23 heavy (non-hydrogen) atoms. The highest BCUT2D eigenvalue weighted by Crippen LogP contribution is 2.58. The molecular weight excluding hydrogens is 331 g/mol. The molecule has 2 aromatic carbocycles. The fourth-order valence-corrected chi connectivity index (χ4v) is 4.73. The summed E-state index contributed by atoms with van der Waals surface area (Å²) in [5, 5.41) is 1.51. The SMILES string of the molecule is CCOP1(=O)C(/C=C/c2ccccc2)=COc2ccc(Cl)cc21. The lowest BCUT2D eigenvalue weighted by Crippen LogP contribution is -2.16. The van der Waals surface area contributed by atoms with E-state index in [1.807, 2.05) is 43.3 Å². The Morgan fingerprint density at radius 2 is 1.96 bits per heavy atom. The summed E-state index contributed by atoms with van der Waals surface area (Å²) in [6.45, 7) is 2.15. The molecule has 1 heterocycles. The summed E-state index contributed by atoms with van der Waals surface area (Å²) in [6.07, 6.45) is 5.15. The Labute approximate surface area is 140 Å². The van der Waals surface area contributed by atoms with Crippen molar-refractivity contribution in [2.45, 2.75) is 6.92 Å².